The molecule has 3 heteroatoms. The van der Waals surface area contributed by atoms with E-state index in [-0.39, 0.29) is 12.5 Å². The van der Waals surface area contributed by atoms with Crippen LogP contribution in [0.25, 0.3) is 0 Å². The molecule has 22 heavy (non-hydrogen) atoms. The van der Waals surface area contributed by atoms with Crippen molar-refractivity contribution in [3.05, 3.63) is 78.4 Å². The van der Waals surface area contributed by atoms with Crippen LogP contribution in [0.1, 0.15) is 11.1 Å². The summed E-state index contributed by atoms with van der Waals surface area (Å²) in [5.74, 6) is -0.265. The van der Waals surface area contributed by atoms with Crippen LogP contribution in [0.3, 0.4) is 0 Å². The third-order valence-corrected chi connectivity index (χ3v) is 3.46. The molecule has 0 bridgehead atoms. The van der Waals surface area contributed by atoms with Crippen LogP contribution in [0.5, 0.6) is 0 Å². The molecule has 0 saturated heterocycles. The van der Waals surface area contributed by atoms with Crippen LogP contribution in [0.15, 0.2) is 67.3 Å². The van der Waals surface area contributed by atoms with Gasteiger partial charge in [-0.15, -0.1) is 0 Å². The lowest BCUT2D eigenvalue weighted by Crippen LogP contribution is -2.29. The quantitative estimate of drug-likeness (QED) is 0.603. The van der Waals surface area contributed by atoms with Crippen molar-refractivity contribution in [3.8, 4) is 6.07 Å². The molecule has 0 aromatic heterocycles. The topological polar surface area (TPSA) is 44.1 Å². The smallest absolute Gasteiger partial charge is 0.251 e. The summed E-state index contributed by atoms with van der Waals surface area (Å²) in [6.45, 7) is 3.49. The van der Waals surface area contributed by atoms with Gasteiger partial charge in [0.1, 0.15) is 6.54 Å². The minimum atomic E-state index is -0.265. The third-order valence-electron chi connectivity index (χ3n) is 3.46. The molecule has 2 aromatic rings. The maximum Gasteiger partial charge on any atom is 0.251 e. The van der Waals surface area contributed by atoms with Gasteiger partial charge in [-0.3, -0.25) is 9.69 Å². The normalized spacial score (nSPS) is 9.77. The zero-order valence-electron chi connectivity index (χ0n) is 12.4. The van der Waals surface area contributed by atoms with E-state index in [2.05, 4.69) is 18.7 Å². The Labute approximate surface area is 131 Å². The Balaban J connectivity index is 2.04. The first-order chi connectivity index (χ1) is 10.7. The van der Waals surface area contributed by atoms with Crippen molar-refractivity contribution >= 4 is 11.6 Å². The minimum Gasteiger partial charge on any atom is -0.295 e. The van der Waals surface area contributed by atoms with Gasteiger partial charge in [-0.2, -0.15) is 5.26 Å². The second-order valence-electron chi connectivity index (χ2n) is 4.94. The minimum absolute atomic E-state index is 0.0220. The van der Waals surface area contributed by atoms with E-state index in [1.165, 1.54) is 22.1 Å². The van der Waals surface area contributed by atoms with Gasteiger partial charge in [-0.1, -0.05) is 49.0 Å². The first-order valence-corrected chi connectivity index (χ1v) is 7.18. The molecule has 0 aliphatic heterocycles. The van der Waals surface area contributed by atoms with E-state index < -0.39 is 0 Å². The van der Waals surface area contributed by atoms with Crippen LogP contribution in [0.4, 0.5) is 5.69 Å². The number of benzene rings is 2. The zero-order chi connectivity index (χ0) is 15.8. The molecular weight excluding hydrogens is 272 g/mol. The summed E-state index contributed by atoms with van der Waals surface area (Å²) in [4.78, 5) is 13.2. The maximum absolute atomic E-state index is 11.8. The van der Waals surface area contributed by atoms with Gasteiger partial charge >= 0.3 is 0 Å². The van der Waals surface area contributed by atoms with Crippen LogP contribution in [-0.2, 0) is 17.6 Å². The van der Waals surface area contributed by atoms with E-state index in [1.807, 2.05) is 48.5 Å². The molecule has 0 saturated carbocycles. The van der Waals surface area contributed by atoms with Crippen LogP contribution in [-0.4, -0.2) is 12.5 Å². The molecular formula is C19H18N2O. The summed E-state index contributed by atoms with van der Waals surface area (Å²) >= 11 is 0. The van der Waals surface area contributed by atoms with Gasteiger partial charge in [-0.05, 0) is 42.2 Å². The number of hydrogen-bond donors (Lipinski definition) is 0. The molecule has 0 radical (unpaired) electrons. The predicted octanol–water partition coefficient (Wildman–Crippen LogP) is 3.51. The van der Waals surface area contributed by atoms with Gasteiger partial charge < -0.3 is 0 Å². The number of hydrogen-bond acceptors (Lipinski definition) is 2. The molecule has 3 nitrogen and oxygen atoms in total. The highest BCUT2D eigenvalue weighted by Gasteiger charge is 2.11. The molecule has 2 rings (SSSR count). The van der Waals surface area contributed by atoms with Gasteiger partial charge in [0.25, 0.3) is 5.91 Å². The standard InChI is InChI=1S/C19H18N2O/c1-2-19(22)21(15-14-20)18-12-10-17(11-13-18)9-8-16-6-4-3-5-7-16/h2-7,10-13H,1,8-9,15H2. The van der Waals surface area contributed by atoms with Gasteiger partial charge in [0.15, 0.2) is 0 Å². The summed E-state index contributed by atoms with van der Waals surface area (Å²) < 4.78 is 0. The Bertz CT molecular complexity index is 669. The molecule has 0 N–H and O–H groups in total. The lowest BCUT2D eigenvalue weighted by Gasteiger charge is -2.18. The van der Waals surface area contributed by atoms with Crippen molar-refractivity contribution in [2.24, 2.45) is 0 Å². The average Bonchev–Trinajstić information content (AvgIpc) is 2.59. The number of anilines is 1. The molecule has 0 atom stereocenters. The molecule has 0 spiro atoms. The molecule has 0 aliphatic carbocycles. The molecule has 0 aliphatic rings. The summed E-state index contributed by atoms with van der Waals surface area (Å²) in [6.07, 6.45) is 3.15. The van der Waals surface area contributed by atoms with Gasteiger partial charge in [0.05, 0.1) is 6.07 Å². The highest BCUT2D eigenvalue weighted by Crippen LogP contribution is 2.17. The van der Waals surface area contributed by atoms with E-state index in [9.17, 15) is 4.79 Å². The summed E-state index contributed by atoms with van der Waals surface area (Å²) in [6, 6.07) is 20.1. The van der Waals surface area contributed by atoms with Crippen LogP contribution in [0.2, 0.25) is 0 Å². The third kappa shape index (κ3) is 4.07. The van der Waals surface area contributed by atoms with E-state index in [0.717, 1.165) is 18.5 Å². The Morgan fingerprint density at radius 3 is 2.18 bits per heavy atom. The molecule has 0 fully saturated rings. The largest absolute Gasteiger partial charge is 0.295 e. The second kappa shape index (κ2) is 7.80. The van der Waals surface area contributed by atoms with Crippen LogP contribution < -0.4 is 4.90 Å². The summed E-state index contributed by atoms with van der Waals surface area (Å²) in [5, 5.41) is 8.83. The van der Waals surface area contributed by atoms with Crippen molar-refractivity contribution in [3.63, 3.8) is 0 Å². The van der Waals surface area contributed by atoms with Crippen molar-refractivity contribution in [2.45, 2.75) is 12.8 Å². The molecule has 0 unspecified atom stereocenters. The van der Waals surface area contributed by atoms with Crippen molar-refractivity contribution in [2.75, 3.05) is 11.4 Å². The summed E-state index contributed by atoms with van der Waals surface area (Å²) in [7, 11) is 0. The molecule has 1 amide bonds. The first kappa shape index (κ1) is 15.5. The Kier molecular flexibility index (Phi) is 5.50. The van der Waals surface area contributed by atoms with Gasteiger partial charge in [0, 0.05) is 5.69 Å². The van der Waals surface area contributed by atoms with Crippen molar-refractivity contribution in [1.29, 1.82) is 5.26 Å². The number of nitrogens with zero attached hydrogens (tertiary/aromatic N) is 2. The Morgan fingerprint density at radius 1 is 1.05 bits per heavy atom. The van der Waals surface area contributed by atoms with Gasteiger partial charge in [0.2, 0.25) is 0 Å². The maximum atomic E-state index is 11.8. The Hall–Kier alpha value is -2.86. The average molecular weight is 290 g/mol. The number of amides is 1. The van der Waals surface area contributed by atoms with Crippen LogP contribution >= 0.6 is 0 Å². The highest BCUT2D eigenvalue weighted by atomic mass is 16.2. The number of carbonyl (C=O) groups excluding carboxylic acids is 1. The number of carbonyl (C=O) groups is 1. The molecule has 0 heterocycles. The molecule has 2 aromatic carbocycles. The lowest BCUT2D eigenvalue weighted by atomic mass is 10.0. The monoisotopic (exact) mass is 290 g/mol. The van der Waals surface area contributed by atoms with Crippen molar-refractivity contribution < 1.29 is 4.79 Å². The van der Waals surface area contributed by atoms with Crippen molar-refractivity contribution in [1.82, 2.24) is 0 Å². The zero-order valence-corrected chi connectivity index (χ0v) is 12.4. The number of nitriles is 1. The van der Waals surface area contributed by atoms with E-state index in [4.69, 9.17) is 5.26 Å². The molecule has 110 valence electrons. The Morgan fingerprint density at radius 2 is 1.64 bits per heavy atom. The van der Waals surface area contributed by atoms with Gasteiger partial charge in [-0.25, -0.2) is 0 Å². The first-order valence-electron chi connectivity index (χ1n) is 7.18. The predicted molar refractivity (Wildman–Crippen MR) is 88.5 cm³/mol. The highest BCUT2D eigenvalue weighted by molar-refractivity contribution is 6.01. The number of rotatable bonds is 6. The lowest BCUT2D eigenvalue weighted by molar-refractivity contribution is -0.114. The van der Waals surface area contributed by atoms with Crippen LogP contribution in [0, 0.1) is 11.3 Å². The fourth-order valence-corrected chi connectivity index (χ4v) is 2.25. The fraction of sp³-hybridized carbons (Fsp3) is 0.158. The number of aryl methyl sites for hydroxylation is 2. The van der Waals surface area contributed by atoms with E-state index >= 15 is 0 Å². The summed E-state index contributed by atoms with van der Waals surface area (Å²) in [5.41, 5.74) is 3.23. The SMILES string of the molecule is C=CC(=O)N(CC#N)c1ccc(CCc2ccccc2)cc1. The van der Waals surface area contributed by atoms with E-state index in [1.54, 1.807) is 0 Å². The fourth-order valence-electron chi connectivity index (χ4n) is 2.25. The second-order valence-corrected chi connectivity index (χ2v) is 4.94. The van der Waals surface area contributed by atoms with E-state index in [0.29, 0.717) is 0 Å².